The van der Waals surface area contributed by atoms with Gasteiger partial charge in [0.15, 0.2) is 0 Å². The van der Waals surface area contributed by atoms with Gasteiger partial charge >= 0.3 is 0 Å². The molecule has 1 atom stereocenters. The van der Waals surface area contributed by atoms with Gasteiger partial charge in [0.25, 0.3) is 0 Å². The summed E-state index contributed by atoms with van der Waals surface area (Å²) in [7, 11) is 0. The fourth-order valence-electron chi connectivity index (χ4n) is 2.95. The molecule has 0 N–H and O–H groups in total. The third-order valence-corrected chi connectivity index (χ3v) is 4.95. The highest BCUT2D eigenvalue weighted by Crippen LogP contribution is 2.38. The number of rotatable bonds is 5. The van der Waals surface area contributed by atoms with E-state index >= 15 is 0 Å². The lowest BCUT2D eigenvalue weighted by Gasteiger charge is -2.29. The first-order valence-corrected chi connectivity index (χ1v) is 8.06. The van der Waals surface area contributed by atoms with Gasteiger partial charge in [0, 0.05) is 0 Å². The van der Waals surface area contributed by atoms with Crippen LogP contribution >= 0.6 is 0 Å². The van der Waals surface area contributed by atoms with E-state index in [1.54, 1.807) is 0 Å². The standard InChI is InChI=1S/C21H26O/c1-6-16-8-11-19(20(13-16)21(4,5)7-2)17-9-10-18(14-22)15(3)12-17/h6,8-11,13-15H,1,7,12H2,2-5H3. The summed E-state index contributed by atoms with van der Waals surface area (Å²) in [5, 5.41) is 0. The zero-order chi connectivity index (χ0) is 16.3. The lowest BCUT2D eigenvalue weighted by Crippen LogP contribution is -2.19. The highest BCUT2D eigenvalue weighted by atomic mass is 16.1. The van der Waals surface area contributed by atoms with Gasteiger partial charge in [0.2, 0.25) is 0 Å². The largest absolute Gasteiger partial charge is 0.298 e. The Morgan fingerprint density at radius 3 is 2.59 bits per heavy atom. The highest BCUT2D eigenvalue weighted by Gasteiger charge is 2.25. The maximum atomic E-state index is 11.1. The average molecular weight is 294 g/mol. The molecule has 0 spiro atoms. The van der Waals surface area contributed by atoms with Crippen molar-refractivity contribution in [1.82, 2.24) is 0 Å². The Morgan fingerprint density at radius 2 is 2.05 bits per heavy atom. The molecule has 2 rings (SSSR count). The summed E-state index contributed by atoms with van der Waals surface area (Å²) in [4.78, 5) is 11.1. The van der Waals surface area contributed by atoms with Gasteiger partial charge in [-0.15, -0.1) is 0 Å². The summed E-state index contributed by atoms with van der Waals surface area (Å²) in [6.07, 6.45) is 8.98. The van der Waals surface area contributed by atoms with Gasteiger partial charge in [-0.2, -0.15) is 0 Å². The third-order valence-electron chi connectivity index (χ3n) is 4.95. The van der Waals surface area contributed by atoms with Gasteiger partial charge in [-0.3, -0.25) is 4.79 Å². The van der Waals surface area contributed by atoms with Crippen LogP contribution in [0, 0.1) is 5.92 Å². The minimum Gasteiger partial charge on any atom is -0.298 e. The van der Waals surface area contributed by atoms with Crippen molar-refractivity contribution < 1.29 is 4.79 Å². The van der Waals surface area contributed by atoms with E-state index < -0.39 is 0 Å². The maximum Gasteiger partial charge on any atom is 0.146 e. The van der Waals surface area contributed by atoms with Crippen molar-refractivity contribution in [2.75, 3.05) is 0 Å². The van der Waals surface area contributed by atoms with Crippen LogP contribution in [0.4, 0.5) is 0 Å². The molecule has 0 saturated heterocycles. The Morgan fingerprint density at radius 1 is 1.32 bits per heavy atom. The average Bonchev–Trinajstić information content (AvgIpc) is 2.54. The topological polar surface area (TPSA) is 17.1 Å². The van der Waals surface area contributed by atoms with E-state index in [1.165, 1.54) is 16.7 Å². The van der Waals surface area contributed by atoms with Crippen molar-refractivity contribution in [1.29, 1.82) is 0 Å². The first-order valence-electron chi connectivity index (χ1n) is 8.06. The monoisotopic (exact) mass is 294 g/mol. The molecule has 116 valence electrons. The number of allylic oxidation sites excluding steroid dienone is 4. The van der Waals surface area contributed by atoms with Crippen molar-refractivity contribution in [3.05, 3.63) is 59.2 Å². The fraction of sp³-hybridized carbons (Fsp3) is 0.381. The van der Waals surface area contributed by atoms with Gasteiger partial charge in [-0.1, -0.05) is 70.7 Å². The van der Waals surface area contributed by atoms with Gasteiger partial charge in [-0.25, -0.2) is 0 Å². The number of carbonyl (C=O) groups excluding carboxylic acids is 1. The number of benzene rings is 1. The zero-order valence-electron chi connectivity index (χ0n) is 14.1. The molecular weight excluding hydrogens is 268 g/mol. The SMILES string of the molecule is C=Cc1ccc(C2=CC=C(C=O)C(C)C2)c(C(C)(C)CC)c1. The Hall–Kier alpha value is -1.89. The molecule has 1 unspecified atom stereocenters. The molecule has 22 heavy (non-hydrogen) atoms. The van der Waals surface area contributed by atoms with Crippen LogP contribution in [0.3, 0.4) is 0 Å². The van der Waals surface area contributed by atoms with E-state index in [-0.39, 0.29) is 11.3 Å². The Kier molecular flexibility index (Phi) is 4.85. The molecule has 0 bridgehead atoms. The third kappa shape index (κ3) is 3.14. The van der Waals surface area contributed by atoms with Crippen LogP contribution < -0.4 is 0 Å². The molecule has 0 amide bonds. The zero-order valence-corrected chi connectivity index (χ0v) is 14.1. The van der Waals surface area contributed by atoms with E-state index in [9.17, 15) is 4.79 Å². The lowest BCUT2D eigenvalue weighted by atomic mass is 9.75. The van der Waals surface area contributed by atoms with E-state index in [1.807, 2.05) is 12.2 Å². The summed E-state index contributed by atoms with van der Waals surface area (Å²) >= 11 is 0. The smallest absolute Gasteiger partial charge is 0.146 e. The molecule has 1 aromatic carbocycles. The van der Waals surface area contributed by atoms with Crippen molar-refractivity contribution in [2.45, 2.75) is 46.0 Å². The summed E-state index contributed by atoms with van der Waals surface area (Å²) in [5.74, 6) is 0.286. The van der Waals surface area contributed by atoms with Gasteiger partial charge < -0.3 is 0 Å². The first kappa shape index (κ1) is 16.5. The number of hydrogen-bond acceptors (Lipinski definition) is 1. The van der Waals surface area contributed by atoms with Crippen LogP contribution in [0.1, 0.15) is 57.2 Å². The Bertz CT molecular complexity index is 644. The van der Waals surface area contributed by atoms with Gasteiger partial charge in [-0.05, 0) is 52.0 Å². The lowest BCUT2D eigenvalue weighted by molar-refractivity contribution is -0.105. The molecule has 1 heteroatoms. The minimum absolute atomic E-state index is 0.118. The fourth-order valence-corrected chi connectivity index (χ4v) is 2.95. The summed E-state index contributed by atoms with van der Waals surface area (Å²) in [6.45, 7) is 12.8. The van der Waals surface area contributed by atoms with Crippen LogP contribution in [0.5, 0.6) is 0 Å². The maximum absolute atomic E-state index is 11.1. The molecule has 0 radical (unpaired) electrons. The number of hydrogen-bond donors (Lipinski definition) is 0. The second-order valence-corrected chi connectivity index (χ2v) is 6.83. The summed E-state index contributed by atoms with van der Waals surface area (Å²) < 4.78 is 0. The molecule has 1 nitrogen and oxygen atoms in total. The first-order chi connectivity index (χ1) is 10.4. The van der Waals surface area contributed by atoms with Crippen LogP contribution in [0.15, 0.2) is 42.5 Å². The molecule has 0 heterocycles. The second kappa shape index (κ2) is 6.48. The van der Waals surface area contributed by atoms with E-state index in [2.05, 4.69) is 58.5 Å². The molecule has 1 aliphatic rings. The molecular formula is C21H26O. The number of carbonyl (C=O) groups is 1. The molecule has 0 aromatic heterocycles. The van der Waals surface area contributed by atoms with E-state index in [0.717, 1.165) is 30.3 Å². The minimum atomic E-state index is 0.118. The van der Waals surface area contributed by atoms with Crippen molar-refractivity contribution in [3.8, 4) is 0 Å². The van der Waals surface area contributed by atoms with Crippen molar-refractivity contribution in [3.63, 3.8) is 0 Å². The molecule has 0 fully saturated rings. The van der Waals surface area contributed by atoms with Crippen LogP contribution in [-0.2, 0) is 10.2 Å². The summed E-state index contributed by atoms with van der Waals surface area (Å²) in [6, 6.07) is 6.60. The van der Waals surface area contributed by atoms with Gasteiger partial charge in [0.05, 0.1) is 0 Å². The quantitative estimate of drug-likeness (QED) is 0.649. The van der Waals surface area contributed by atoms with Crippen LogP contribution in [0.2, 0.25) is 0 Å². The Labute approximate surface area is 134 Å². The van der Waals surface area contributed by atoms with Crippen molar-refractivity contribution >= 4 is 17.9 Å². The second-order valence-electron chi connectivity index (χ2n) is 6.83. The van der Waals surface area contributed by atoms with Crippen LogP contribution in [-0.4, -0.2) is 6.29 Å². The van der Waals surface area contributed by atoms with Gasteiger partial charge in [0.1, 0.15) is 6.29 Å². The van der Waals surface area contributed by atoms with Crippen molar-refractivity contribution in [2.24, 2.45) is 5.92 Å². The molecule has 1 aromatic rings. The molecule has 1 aliphatic carbocycles. The normalized spacial score (nSPS) is 18.5. The molecule has 0 saturated carbocycles. The van der Waals surface area contributed by atoms with E-state index in [4.69, 9.17) is 0 Å². The number of aldehydes is 1. The predicted octanol–water partition coefficient (Wildman–Crippen LogP) is 5.57. The van der Waals surface area contributed by atoms with E-state index in [0.29, 0.717) is 0 Å². The Balaban J connectivity index is 2.56. The summed E-state index contributed by atoms with van der Waals surface area (Å²) in [5.41, 5.74) is 6.17. The highest BCUT2D eigenvalue weighted by molar-refractivity contribution is 5.81. The predicted molar refractivity (Wildman–Crippen MR) is 95.8 cm³/mol. The molecule has 0 aliphatic heterocycles. The van der Waals surface area contributed by atoms with Crippen LogP contribution in [0.25, 0.3) is 11.6 Å².